The summed E-state index contributed by atoms with van der Waals surface area (Å²) in [6, 6.07) is 8.22. The number of carbonyl (C=O) groups is 3. The summed E-state index contributed by atoms with van der Waals surface area (Å²) in [6.45, 7) is 3.03. The van der Waals surface area contributed by atoms with Crippen molar-refractivity contribution in [2.75, 3.05) is 31.3 Å². The van der Waals surface area contributed by atoms with Gasteiger partial charge in [-0.1, -0.05) is 30.3 Å². The standard InChI is InChI=1S/C18H22N4O3S/c1-12(13-5-3-2-4-6-13)22-17(24)15-9-20(7-8-21(15)18(22)25)16(23)14-10-26-11-19-14/h2-6,12,14-15,19H,7-11H2,1H3/t12-,14-,15-/m0/s1. The van der Waals surface area contributed by atoms with Crippen LogP contribution in [-0.4, -0.2) is 75.9 Å². The first-order chi connectivity index (χ1) is 12.6. The molecule has 0 aliphatic carbocycles. The zero-order valence-electron chi connectivity index (χ0n) is 14.6. The largest absolute Gasteiger partial charge is 0.337 e. The molecule has 0 unspecified atom stereocenters. The third-order valence-corrected chi connectivity index (χ3v) is 6.29. The second-order valence-electron chi connectivity index (χ2n) is 6.84. The summed E-state index contributed by atoms with van der Waals surface area (Å²) < 4.78 is 0. The van der Waals surface area contributed by atoms with Gasteiger partial charge >= 0.3 is 6.03 Å². The van der Waals surface area contributed by atoms with Crippen molar-refractivity contribution in [3.63, 3.8) is 0 Å². The van der Waals surface area contributed by atoms with Gasteiger partial charge in [-0.15, -0.1) is 11.8 Å². The molecule has 1 aromatic rings. The minimum atomic E-state index is -0.569. The average molecular weight is 374 g/mol. The molecule has 26 heavy (non-hydrogen) atoms. The number of urea groups is 1. The van der Waals surface area contributed by atoms with E-state index in [2.05, 4.69) is 5.32 Å². The van der Waals surface area contributed by atoms with Crippen molar-refractivity contribution >= 4 is 29.6 Å². The van der Waals surface area contributed by atoms with E-state index in [1.165, 1.54) is 4.90 Å². The maximum absolute atomic E-state index is 13.0. The van der Waals surface area contributed by atoms with Crippen LogP contribution < -0.4 is 5.32 Å². The number of imide groups is 1. The van der Waals surface area contributed by atoms with Gasteiger partial charge in [0.05, 0.1) is 18.6 Å². The molecule has 3 aliphatic heterocycles. The molecule has 0 radical (unpaired) electrons. The van der Waals surface area contributed by atoms with E-state index < -0.39 is 6.04 Å². The second kappa shape index (κ2) is 6.92. The Bertz CT molecular complexity index is 722. The van der Waals surface area contributed by atoms with Gasteiger partial charge in [0, 0.05) is 24.7 Å². The lowest BCUT2D eigenvalue weighted by atomic mass is 10.1. The molecule has 138 valence electrons. The molecule has 3 atom stereocenters. The topological polar surface area (TPSA) is 73.0 Å². The van der Waals surface area contributed by atoms with Gasteiger partial charge in [-0.25, -0.2) is 4.79 Å². The summed E-state index contributed by atoms with van der Waals surface area (Å²) in [6.07, 6.45) is 0. The monoisotopic (exact) mass is 374 g/mol. The first kappa shape index (κ1) is 17.4. The Hall–Kier alpha value is -2.06. The highest BCUT2D eigenvalue weighted by Crippen LogP contribution is 2.30. The number of nitrogens with zero attached hydrogens (tertiary/aromatic N) is 3. The number of nitrogens with one attached hydrogen (secondary N) is 1. The normalized spacial score (nSPS) is 27.0. The van der Waals surface area contributed by atoms with Crippen LogP contribution >= 0.6 is 11.8 Å². The lowest BCUT2D eigenvalue weighted by molar-refractivity contribution is -0.137. The zero-order chi connectivity index (χ0) is 18.3. The third kappa shape index (κ3) is 2.87. The van der Waals surface area contributed by atoms with Crippen LogP contribution in [0.5, 0.6) is 0 Å². The highest BCUT2D eigenvalue weighted by molar-refractivity contribution is 7.99. The number of fused-ring (bicyclic) bond motifs is 1. The van der Waals surface area contributed by atoms with Crippen LogP contribution in [0.1, 0.15) is 18.5 Å². The van der Waals surface area contributed by atoms with Gasteiger partial charge in [-0.3, -0.25) is 19.8 Å². The Morgan fingerprint density at radius 2 is 2.00 bits per heavy atom. The number of benzene rings is 1. The molecule has 0 saturated carbocycles. The fourth-order valence-electron chi connectivity index (χ4n) is 3.83. The van der Waals surface area contributed by atoms with Gasteiger partial charge in [0.2, 0.25) is 5.91 Å². The third-order valence-electron chi connectivity index (χ3n) is 5.35. The van der Waals surface area contributed by atoms with Crippen LogP contribution in [0.3, 0.4) is 0 Å². The van der Waals surface area contributed by atoms with Gasteiger partial charge in [0.25, 0.3) is 5.91 Å². The first-order valence-electron chi connectivity index (χ1n) is 8.86. The lowest BCUT2D eigenvalue weighted by Gasteiger charge is -2.36. The molecule has 3 saturated heterocycles. The Morgan fingerprint density at radius 3 is 2.69 bits per heavy atom. The highest BCUT2D eigenvalue weighted by Gasteiger charge is 2.50. The van der Waals surface area contributed by atoms with E-state index in [4.69, 9.17) is 0 Å². The molecule has 3 heterocycles. The summed E-state index contributed by atoms with van der Waals surface area (Å²) in [5, 5.41) is 3.18. The van der Waals surface area contributed by atoms with Crippen LogP contribution in [0.15, 0.2) is 30.3 Å². The van der Waals surface area contributed by atoms with Gasteiger partial charge in [-0.05, 0) is 12.5 Å². The number of hydrogen-bond donors (Lipinski definition) is 1. The SMILES string of the molecule is C[C@@H](c1ccccc1)N1C(=O)[C@@H]2CN(C(=O)[C@@H]3CSCN3)CCN2C1=O. The fourth-order valence-corrected chi connectivity index (χ4v) is 4.76. The fraction of sp³-hybridized carbons (Fsp3) is 0.500. The van der Waals surface area contributed by atoms with Crippen LogP contribution in [0.25, 0.3) is 0 Å². The molecule has 8 heteroatoms. The molecular weight excluding hydrogens is 352 g/mol. The highest BCUT2D eigenvalue weighted by atomic mass is 32.2. The predicted molar refractivity (Wildman–Crippen MR) is 98.4 cm³/mol. The number of amides is 4. The minimum Gasteiger partial charge on any atom is -0.337 e. The van der Waals surface area contributed by atoms with E-state index >= 15 is 0 Å². The Kier molecular flexibility index (Phi) is 4.62. The molecule has 3 aliphatic rings. The van der Waals surface area contributed by atoms with Crippen LogP contribution in [0.4, 0.5) is 4.79 Å². The smallest absolute Gasteiger partial charge is 0.328 e. The van der Waals surface area contributed by atoms with E-state index in [0.29, 0.717) is 13.1 Å². The quantitative estimate of drug-likeness (QED) is 0.796. The van der Waals surface area contributed by atoms with E-state index in [9.17, 15) is 14.4 Å². The zero-order valence-corrected chi connectivity index (χ0v) is 15.4. The molecule has 4 rings (SSSR count). The number of rotatable bonds is 3. The van der Waals surface area contributed by atoms with E-state index in [1.54, 1.807) is 21.6 Å². The Labute approximate surface area is 156 Å². The van der Waals surface area contributed by atoms with Gasteiger partial charge in [0.1, 0.15) is 6.04 Å². The Balaban J connectivity index is 1.50. The van der Waals surface area contributed by atoms with E-state index in [-0.39, 0.29) is 36.5 Å². The summed E-state index contributed by atoms with van der Waals surface area (Å²) in [4.78, 5) is 43.1. The van der Waals surface area contributed by atoms with Crippen LogP contribution in [0.2, 0.25) is 0 Å². The summed E-state index contributed by atoms with van der Waals surface area (Å²) in [5.41, 5.74) is 0.925. The van der Waals surface area contributed by atoms with Crippen molar-refractivity contribution in [2.24, 2.45) is 0 Å². The number of thioether (sulfide) groups is 1. The molecule has 7 nitrogen and oxygen atoms in total. The maximum Gasteiger partial charge on any atom is 0.328 e. The van der Waals surface area contributed by atoms with Crippen molar-refractivity contribution in [3.8, 4) is 0 Å². The van der Waals surface area contributed by atoms with E-state index in [0.717, 1.165) is 17.2 Å². The molecule has 3 fully saturated rings. The summed E-state index contributed by atoms with van der Waals surface area (Å²) in [7, 11) is 0. The Morgan fingerprint density at radius 1 is 1.23 bits per heavy atom. The average Bonchev–Trinajstić information content (AvgIpc) is 3.29. The number of hydrogen-bond acceptors (Lipinski definition) is 5. The van der Waals surface area contributed by atoms with Crippen molar-refractivity contribution in [1.82, 2.24) is 20.0 Å². The van der Waals surface area contributed by atoms with Crippen molar-refractivity contribution in [1.29, 1.82) is 0 Å². The molecule has 1 aromatic carbocycles. The van der Waals surface area contributed by atoms with Crippen LogP contribution in [0, 0.1) is 0 Å². The molecular formula is C18H22N4O3S. The molecule has 1 N–H and O–H groups in total. The molecule has 0 bridgehead atoms. The summed E-state index contributed by atoms with van der Waals surface area (Å²) >= 11 is 1.70. The van der Waals surface area contributed by atoms with Gasteiger partial charge in [0.15, 0.2) is 0 Å². The second-order valence-corrected chi connectivity index (χ2v) is 7.87. The van der Waals surface area contributed by atoms with Gasteiger partial charge < -0.3 is 9.80 Å². The molecule has 0 spiro atoms. The first-order valence-corrected chi connectivity index (χ1v) is 10.0. The van der Waals surface area contributed by atoms with Crippen molar-refractivity contribution in [2.45, 2.75) is 25.0 Å². The van der Waals surface area contributed by atoms with Crippen LogP contribution in [-0.2, 0) is 9.59 Å². The number of piperazine rings is 1. The lowest BCUT2D eigenvalue weighted by Crippen LogP contribution is -2.57. The van der Waals surface area contributed by atoms with E-state index in [1.807, 2.05) is 37.3 Å². The van der Waals surface area contributed by atoms with Crippen molar-refractivity contribution < 1.29 is 14.4 Å². The van der Waals surface area contributed by atoms with Crippen molar-refractivity contribution in [3.05, 3.63) is 35.9 Å². The maximum atomic E-state index is 13.0. The minimum absolute atomic E-state index is 0.0319. The molecule has 0 aromatic heterocycles. The molecule has 4 amide bonds. The summed E-state index contributed by atoms with van der Waals surface area (Å²) in [5.74, 6) is 1.36. The number of carbonyl (C=O) groups excluding carboxylic acids is 3. The predicted octanol–water partition coefficient (Wildman–Crippen LogP) is 0.885. The van der Waals surface area contributed by atoms with Gasteiger partial charge in [-0.2, -0.15) is 0 Å².